The van der Waals surface area contributed by atoms with Crippen molar-refractivity contribution < 1.29 is 9.13 Å². The fourth-order valence-corrected chi connectivity index (χ4v) is 3.42. The molecule has 0 atom stereocenters. The van der Waals surface area contributed by atoms with Crippen LogP contribution in [0.4, 0.5) is 17.1 Å². The summed E-state index contributed by atoms with van der Waals surface area (Å²) in [5.74, 6) is 1.40. The Bertz CT molecular complexity index is 497. The lowest BCUT2D eigenvalue weighted by atomic mass is 10.1. The molecule has 2 rings (SSSR count). The van der Waals surface area contributed by atoms with E-state index in [4.69, 9.17) is 0 Å². The number of nitrogens with one attached hydrogen (secondary N) is 2. The van der Waals surface area contributed by atoms with Crippen LogP contribution in [-0.4, -0.2) is 33.7 Å². The minimum atomic E-state index is -0.697. The molecule has 1 saturated heterocycles. The van der Waals surface area contributed by atoms with Crippen molar-refractivity contribution in [2.45, 2.75) is 18.9 Å². The van der Waals surface area contributed by atoms with E-state index in [1.807, 2.05) is 6.07 Å². The minimum Gasteiger partial charge on any atom is -0.388 e. The predicted molar refractivity (Wildman–Crippen MR) is 77.2 cm³/mol. The zero-order valence-corrected chi connectivity index (χ0v) is 11.5. The van der Waals surface area contributed by atoms with Crippen LogP contribution in [0.25, 0.3) is 0 Å². The first-order valence-corrected chi connectivity index (χ1v) is 7.66. The molecule has 1 aromatic carbocycles. The zero-order valence-electron chi connectivity index (χ0n) is 10.7. The second-order valence-electron chi connectivity index (χ2n) is 4.54. The van der Waals surface area contributed by atoms with Crippen LogP contribution in [0, 0.1) is 10.1 Å². The van der Waals surface area contributed by atoms with E-state index in [1.165, 1.54) is 12.1 Å². The van der Waals surface area contributed by atoms with Crippen LogP contribution < -0.4 is 10.6 Å². The van der Waals surface area contributed by atoms with Crippen molar-refractivity contribution in [2.75, 3.05) is 29.2 Å². The third-order valence-corrected chi connectivity index (χ3v) is 4.56. The lowest BCUT2D eigenvalue weighted by Gasteiger charge is -2.23. The molecular formula is C12H17N3O3S. The molecule has 0 unspecified atom stereocenters. The van der Waals surface area contributed by atoms with Crippen molar-refractivity contribution in [2.24, 2.45) is 0 Å². The van der Waals surface area contributed by atoms with Gasteiger partial charge in [0, 0.05) is 58.9 Å². The number of hydrogen-bond acceptors (Lipinski definition) is 5. The molecule has 1 heterocycles. The van der Waals surface area contributed by atoms with E-state index in [0.29, 0.717) is 17.2 Å². The van der Waals surface area contributed by atoms with Gasteiger partial charge in [-0.15, -0.1) is 0 Å². The number of hydrogen-bond donors (Lipinski definition) is 2. The van der Waals surface area contributed by atoms with Crippen molar-refractivity contribution in [3.05, 3.63) is 28.3 Å². The number of benzene rings is 1. The highest BCUT2D eigenvalue weighted by atomic mass is 32.2. The molecule has 6 nitrogen and oxygen atoms in total. The number of nitro benzene ring substituents is 1. The van der Waals surface area contributed by atoms with E-state index in [9.17, 15) is 14.3 Å². The maximum Gasteiger partial charge on any atom is 0.273 e. The van der Waals surface area contributed by atoms with E-state index in [0.717, 1.165) is 18.5 Å². The Morgan fingerprint density at radius 3 is 2.47 bits per heavy atom. The van der Waals surface area contributed by atoms with Gasteiger partial charge in [0.25, 0.3) is 5.69 Å². The second-order valence-corrected chi connectivity index (χ2v) is 6.24. The fraction of sp³-hybridized carbons (Fsp3) is 0.500. The molecule has 19 heavy (non-hydrogen) atoms. The van der Waals surface area contributed by atoms with Crippen molar-refractivity contribution in [3.8, 4) is 0 Å². The summed E-state index contributed by atoms with van der Waals surface area (Å²) >= 11 is 0. The molecule has 1 aliphatic heterocycles. The van der Waals surface area contributed by atoms with Crippen LogP contribution >= 0.6 is 0 Å². The molecule has 2 N–H and O–H groups in total. The van der Waals surface area contributed by atoms with Crippen LogP contribution in [0.1, 0.15) is 12.8 Å². The Hall–Kier alpha value is -1.63. The molecule has 0 spiro atoms. The number of non-ortho nitro benzene ring substituents is 1. The number of rotatable bonds is 4. The first kappa shape index (κ1) is 13.8. The van der Waals surface area contributed by atoms with Crippen LogP contribution in [-0.2, 0) is 10.8 Å². The van der Waals surface area contributed by atoms with Gasteiger partial charge in [0.05, 0.1) is 4.92 Å². The van der Waals surface area contributed by atoms with Gasteiger partial charge in [-0.05, 0) is 18.9 Å². The first-order chi connectivity index (χ1) is 9.08. The quantitative estimate of drug-likeness (QED) is 0.652. The van der Waals surface area contributed by atoms with Gasteiger partial charge in [0.2, 0.25) is 0 Å². The average molecular weight is 283 g/mol. The van der Waals surface area contributed by atoms with E-state index in [1.54, 1.807) is 7.05 Å². The number of nitrogens with zero attached hydrogens (tertiary/aromatic N) is 1. The van der Waals surface area contributed by atoms with Gasteiger partial charge in [-0.1, -0.05) is 0 Å². The van der Waals surface area contributed by atoms with E-state index in [2.05, 4.69) is 10.6 Å². The molecule has 7 heteroatoms. The number of nitro groups is 1. The molecule has 1 fully saturated rings. The molecule has 0 aromatic heterocycles. The van der Waals surface area contributed by atoms with Gasteiger partial charge in [-0.2, -0.15) is 0 Å². The summed E-state index contributed by atoms with van der Waals surface area (Å²) in [6, 6.07) is 5.12. The van der Waals surface area contributed by atoms with Gasteiger partial charge < -0.3 is 10.6 Å². The van der Waals surface area contributed by atoms with Gasteiger partial charge in [-0.25, -0.2) is 0 Å². The Morgan fingerprint density at radius 1 is 1.26 bits per heavy atom. The predicted octanol–water partition coefficient (Wildman–Crippen LogP) is 1.96. The van der Waals surface area contributed by atoms with Crippen LogP contribution in [0.15, 0.2) is 18.2 Å². The average Bonchev–Trinajstić information content (AvgIpc) is 2.41. The lowest BCUT2D eigenvalue weighted by molar-refractivity contribution is -0.384. The Balaban J connectivity index is 2.12. The molecule has 1 aromatic rings. The van der Waals surface area contributed by atoms with Crippen molar-refractivity contribution in [1.82, 2.24) is 0 Å². The summed E-state index contributed by atoms with van der Waals surface area (Å²) in [7, 11) is 1.03. The molecule has 104 valence electrons. The van der Waals surface area contributed by atoms with Crippen molar-refractivity contribution >= 4 is 27.9 Å². The third kappa shape index (κ3) is 3.66. The molecule has 0 bridgehead atoms. The maximum absolute atomic E-state index is 11.3. The van der Waals surface area contributed by atoms with E-state index in [-0.39, 0.29) is 11.7 Å². The summed E-state index contributed by atoms with van der Waals surface area (Å²) < 4.78 is 11.3. The zero-order chi connectivity index (χ0) is 13.8. The molecule has 1 aliphatic rings. The highest BCUT2D eigenvalue weighted by Gasteiger charge is 2.18. The molecule has 0 radical (unpaired) electrons. The summed E-state index contributed by atoms with van der Waals surface area (Å²) in [5.41, 5.74) is 1.50. The first-order valence-electron chi connectivity index (χ1n) is 6.17. The lowest BCUT2D eigenvalue weighted by Crippen LogP contribution is -2.29. The van der Waals surface area contributed by atoms with Crippen molar-refractivity contribution in [3.63, 3.8) is 0 Å². The summed E-state index contributed by atoms with van der Waals surface area (Å²) in [4.78, 5) is 10.5. The Kier molecular flexibility index (Phi) is 4.36. The van der Waals surface area contributed by atoms with Crippen LogP contribution in [0.3, 0.4) is 0 Å². The largest absolute Gasteiger partial charge is 0.388 e. The summed E-state index contributed by atoms with van der Waals surface area (Å²) in [6.45, 7) is 0. The topological polar surface area (TPSA) is 84.3 Å². The summed E-state index contributed by atoms with van der Waals surface area (Å²) in [5, 5.41) is 17.1. The monoisotopic (exact) mass is 283 g/mol. The molecule has 0 amide bonds. The van der Waals surface area contributed by atoms with Gasteiger partial charge in [0.15, 0.2) is 0 Å². The normalized spacial score (nSPS) is 22.8. The van der Waals surface area contributed by atoms with E-state index >= 15 is 0 Å². The standard InChI is InChI=1S/C12H17N3O3S/c1-13-10-6-11(8-12(7-10)15(16)17)14-9-2-4-19(18)5-3-9/h6-9,13-14H,2-5H2,1H3. The van der Waals surface area contributed by atoms with Gasteiger partial charge >= 0.3 is 0 Å². The summed E-state index contributed by atoms with van der Waals surface area (Å²) in [6.07, 6.45) is 1.67. The Labute approximate surface area is 114 Å². The second kappa shape index (κ2) is 6.01. The fourth-order valence-electron chi connectivity index (χ4n) is 2.12. The molecule has 0 aliphatic carbocycles. The molecule has 0 saturated carbocycles. The minimum absolute atomic E-state index is 0.0636. The van der Waals surface area contributed by atoms with Gasteiger partial charge in [0.1, 0.15) is 0 Å². The Morgan fingerprint density at radius 2 is 1.89 bits per heavy atom. The van der Waals surface area contributed by atoms with Crippen LogP contribution in [0.2, 0.25) is 0 Å². The van der Waals surface area contributed by atoms with Gasteiger partial charge in [-0.3, -0.25) is 14.3 Å². The number of anilines is 2. The maximum atomic E-state index is 11.3. The SMILES string of the molecule is CNc1cc(NC2CCS(=O)CC2)cc([N+](=O)[O-])c1. The van der Waals surface area contributed by atoms with Crippen molar-refractivity contribution in [1.29, 1.82) is 0 Å². The smallest absolute Gasteiger partial charge is 0.273 e. The highest BCUT2D eigenvalue weighted by Crippen LogP contribution is 2.26. The van der Waals surface area contributed by atoms with Crippen LogP contribution in [0.5, 0.6) is 0 Å². The molecular weight excluding hydrogens is 266 g/mol. The van der Waals surface area contributed by atoms with E-state index < -0.39 is 15.7 Å². The third-order valence-electron chi connectivity index (χ3n) is 3.18. The highest BCUT2D eigenvalue weighted by molar-refractivity contribution is 7.85.